The molecule has 1 saturated heterocycles. The number of nitrogens with one attached hydrogen (secondary N) is 2. The van der Waals surface area contributed by atoms with Gasteiger partial charge in [-0.05, 0) is 20.0 Å². The van der Waals surface area contributed by atoms with Crippen LogP contribution in [0, 0.1) is 0 Å². The normalized spacial score (nSPS) is 18.4. The number of hydrogen-bond acceptors (Lipinski definition) is 6. The molecule has 0 aromatic heterocycles. The van der Waals surface area contributed by atoms with E-state index in [0.29, 0.717) is 6.54 Å². The Bertz CT molecular complexity index is 314. The molecule has 0 aromatic rings. The molecule has 0 spiro atoms. The summed E-state index contributed by atoms with van der Waals surface area (Å²) in [4.78, 5) is 23.0. The molecular formula is C11H18N2O4. The molecule has 2 N–H and O–H groups in total. The van der Waals surface area contributed by atoms with Crippen molar-refractivity contribution in [1.82, 2.24) is 10.6 Å². The highest BCUT2D eigenvalue weighted by Crippen LogP contribution is 2.21. The number of carbonyl (C=O) groups excluding carboxylic acids is 2. The van der Waals surface area contributed by atoms with Crippen molar-refractivity contribution in [2.45, 2.75) is 26.1 Å². The molecule has 1 aliphatic heterocycles. The van der Waals surface area contributed by atoms with Gasteiger partial charge in [-0.3, -0.25) is 0 Å². The van der Waals surface area contributed by atoms with E-state index in [1.165, 1.54) is 20.0 Å². The van der Waals surface area contributed by atoms with Crippen LogP contribution >= 0.6 is 0 Å². The predicted molar refractivity (Wildman–Crippen MR) is 60.9 cm³/mol. The molecule has 1 fully saturated rings. The van der Waals surface area contributed by atoms with Gasteiger partial charge in [0.15, 0.2) is 5.57 Å². The molecule has 0 saturated carbocycles. The second-order valence-electron chi connectivity index (χ2n) is 4.15. The minimum atomic E-state index is -1.18. The zero-order chi connectivity index (χ0) is 12.9. The van der Waals surface area contributed by atoms with E-state index in [2.05, 4.69) is 10.6 Å². The largest absolute Gasteiger partial charge is 0.419 e. The summed E-state index contributed by atoms with van der Waals surface area (Å²) < 4.78 is 9.86. The Kier molecular flexibility index (Phi) is 4.51. The molecule has 0 aliphatic carbocycles. The van der Waals surface area contributed by atoms with Gasteiger partial charge in [0.1, 0.15) is 0 Å². The summed E-state index contributed by atoms with van der Waals surface area (Å²) in [6, 6.07) is 0. The molecule has 0 atom stereocenters. The van der Waals surface area contributed by atoms with Gasteiger partial charge >= 0.3 is 11.9 Å². The van der Waals surface area contributed by atoms with Crippen LogP contribution in [0.2, 0.25) is 0 Å². The van der Waals surface area contributed by atoms with Gasteiger partial charge in [-0.1, -0.05) is 0 Å². The number of rotatable bonds is 5. The fraction of sp³-hybridized carbons (Fsp3) is 0.636. The zero-order valence-electron chi connectivity index (χ0n) is 10.3. The van der Waals surface area contributed by atoms with Gasteiger partial charge in [0.25, 0.3) is 5.79 Å². The topological polar surface area (TPSA) is 76.7 Å². The summed E-state index contributed by atoms with van der Waals surface area (Å²) in [7, 11) is 1.86. The SMILES string of the molecule is CNCCCNC=C1C(=O)OC(C)(C)OC1=O. The van der Waals surface area contributed by atoms with Crippen LogP contribution < -0.4 is 10.6 Å². The second kappa shape index (κ2) is 5.67. The third kappa shape index (κ3) is 4.07. The van der Waals surface area contributed by atoms with Gasteiger partial charge < -0.3 is 20.1 Å². The predicted octanol–water partition coefficient (Wildman–Crippen LogP) is -0.0945. The van der Waals surface area contributed by atoms with Crippen molar-refractivity contribution in [3.63, 3.8) is 0 Å². The number of esters is 2. The molecule has 0 bridgehead atoms. The van der Waals surface area contributed by atoms with Crippen molar-refractivity contribution >= 4 is 11.9 Å². The second-order valence-corrected chi connectivity index (χ2v) is 4.15. The molecule has 0 radical (unpaired) electrons. The van der Waals surface area contributed by atoms with Crippen LogP contribution in [0.3, 0.4) is 0 Å². The highest BCUT2D eigenvalue weighted by atomic mass is 16.7. The first-order valence-corrected chi connectivity index (χ1v) is 5.51. The van der Waals surface area contributed by atoms with Crippen molar-refractivity contribution in [1.29, 1.82) is 0 Å². The third-order valence-electron chi connectivity index (χ3n) is 2.11. The first kappa shape index (κ1) is 13.5. The Morgan fingerprint density at radius 3 is 2.29 bits per heavy atom. The van der Waals surface area contributed by atoms with Gasteiger partial charge in [0.2, 0.25) is 0 Å². The Morgan fingerprint density at radius 2 is 1.76 bits per heavy atom. The van der Waals surface area contributed by atoms with Gasteiger partial charge in [0, 0.05) is 26.6 Å². The van der Waals surface area contributed by atoms with Crippen LogP contribution in [-0.4, -0.2) is 37.9 Å². The van der Waals surface area contributed by atoms with E-state index in [1.54, 1.807) is 0 Å². The number of carbonyl (C=O) groups is 2. The van der Waals surface area contributed by atoms with Crippen molar-refractivity contribution in [3.8, 4) is 0 Å². The lowest BCUT2D eigenvalue weighted by molar-refractivity contribution is -0.222. The number of ether oxygens (including phenoxy) is 2. The van der Waals surface area contributed by atoms with Crippen LogP contribution in [-0.2, 0) is 19.1 Å². The van der Waals surface area contributed by atoms with Crippen LogP contribution in [0.1, 0.15) is 20.3 Å². The maximum Gasteiger partial charge on any atom is 0.350 e. The summed E-state index contributed by atoms with van der Waals surface area (Å²) in [5.74, 6) is -2.50. The lowest BCUT2D eigenvalue weighted by Gasteiger charge is -2.29. The summed E-state index contributed by atoms with van der Waals surface area (Å²) in [5, 5.41) is 5.86. The van der Waals surface area contributed by atoms with Crippen molar-refractivity contribution in [2.75, 3.05) is 20.1 Å². The van der Waals surface area contributed by atoms with E-state index >= 15 is 0 Å². The zero-order valence-corrected chi connectivity index (χ0v) is 10.3. The van der Waals surface area contributed by atoms with Crippen LogP contribution in [0.4, 0.5) is 0 Å². The number of cyclic esters (lactones) is 2. The Morgan fingerprint density at radius 1 is 1.18 bits per heavy atom. The van der Waals surface area contributed by atoms with E-state index in [0.717, 1.165) is 13.0 Å². The highest BCUT2D eigenvalue weighted by molar-refractivity contribution is 6.15. The highest BCUT2D eigenvalue weighted by Gasteiger charge is 2.38. The number of hydrogen-bond donors (Lipinski definition) is 2. The third-order valence-corrected chi connectivity index (χ3v) is 2.11. The Hall–Kier alpha value is -1.56. The molecule has 6 nitrogen and oxygen atoms in total. The van der Waals surface area contributed by atoms with E-state index in [1.807, 2.05) is 7.05 Å². The Balaban J connectivity index is 2.50. The standard InChI is InChI=1S/C11H18N2O4/c1-11(2)16-9(14)8(10(15)17-11)7-13-6-4-5-12-3/h7,12-13H,4-6H2,1-3H3. The fourth-order valence-corrected chi connectivity index (χ4v) is 1.32. The minimum absolute atomic E-state index is 0.103. The van der Waals surface area contributed by atoms with E-state index in [-0.39, 0.29) is 5.57 Å². The smallest absolute Gasteiger partial charge is 0.350 e. The van der Waals surface area contributed by atoms with Crippen molar-refractivity contribution < 1.29 is 19.1 Å². The molecule has 0 aromatic carbocycles. The first-order chi connectivity index (χ1) is 7.96. The van der Waals surface area contributed by atoms with E-state index in [9.17, 15) is 9.59 Å². The van der Waals surface area contributed by atoms with Crippen molar-refractivity contribution in [3.05, 3.63) is 11.8 Å². The van der Waals surface area contributed by atoms with Crippen LogP contribution in [0.25, 0.3) is 0 Å². The van der Waals surface area contributed by atoms with Gasteiger partial charge in [-0.2, -0.15) is 0 Å². The summed E-state index contributed by atoms with van der Waals surface area (Å²) in [5.41, 5.74) is -0.103. The van der Waals surface area contributed by atoms with E-state index in [4.69, 9.17) is 9.47 Å². The molecule has 96 valence electrons. The molecule has 6 heteroatoms. The Labute approximate surface area is 100 Å². The van der Waals surface area contributed by atoms with Gasteiger partial charge in [0.05, 0.1) is 0 Å². The maximum atomic E-state index is 11.5. The molecule has 0 unspecified atom stereocenters. The molecule has 0 amide bonds. The maximum absolute atomic E-state index is 11.5. The summed E-state index contributed by atoms with van der Waals surface area (Å²) in [6.07, 6.45) is 2.23. The monoisotopic (exact) mass is 242 g/mol. The van der Waals surface area contributed by atoms with Gasteiger partial charge in [-0.15, -0.1) is 0 Å². The average Bonchev–Trinajstić information content (AvgIpc) is 2.19. The molecule has 1 aliphatic rings. The van der Waals surface area contributed by atoms with Crippen LogP contribution in [0.5, 0.6) is 0 Å². The summed E-state index contributed by atoms with van der Waals surface area (Å²) >= 11 is 0. The molecule has 17 heavy (non-hydrogen) atoms. The van der Waals surface area contributed by atoms with Gasteiger partial charge in [-0.25, -0.2) is 9.59 Å². The molecular weight excluding hydrogens is 224 g/mol. The van der Waals surface area contributed by atoms with Crippen LogP contribution in [0.15, 0.2) is 11.8 Å². The fourth-order valence-electron chi connectivity index (χ4n) is 1.32. The average molecular weight is 242 g/mol. The minimum Gasteiger partial charge on any atom is -0.419 e. The molecule has 1 heterocycles. The lowest BCUT2D eigenvalue weighted by atomic mass is 10.2. The lowest BCUT2D eigenvalue weighted by Crippen LogP contribution is -2.42. The summed E-state index contributed by atoms with van der Waals surface area (Å²) in [6.45, 7) is 4.55. The van der Waals surface area contributed by atoms with E-state index < -0.39 is 17.7 Å². The quantitative estimate of drug-likeness (QED) is 0.303. The molecule has 1 rings (SSSR count). The first-order valence-electron chi connectivity index (χ1n) is 5.51. The van der Waals surface area contributed by atoms with Crippen molar-refractivity contribution in [2.24, 2.45) is 0 Å².